The van der Waals surface area contributed by atoms with Crippen LogP contribution < -0.4 is 15.5 Å². The fourth-order valence-corrected chi connectivity index (χ4v) is 5.63. The summed E-state index contributed by atoms with van der Waals surface area (Å²) in [7, 11) is -3.03. The van der Waals surface area contributed by atoms with Crippen LogP contribution in [0.4, 0.5) is 17.2 Å². The van der Waals surface area contributed by atoms with Crippen molar-refractivity contribution in [3.8, 4) is 0 Å². The van der Waals surface area contributed by atoms with Crippen molar-refractivity contribution < 1.29 is 17.9 Å². The minimum absolute atomic E-state index is 0.0337. The molecule has 1 fully saturated rings. The lowest BCUT2D eigenvalue weighted by Crippen LogP contribution is -2.36. The number of benzene rings is 1. The van der Waals surface area contributed by atoms with Gasteiger partial charge in [-0.2, -0.15) is 0 Å². The highest BCUT2D eigenvalue weighted by Crippen LogP contribution is 2.35. The molecule has 0 bridgehead atoms. The Morgan fingerprint density at radius 3 is 2.72 bits per heavy atom. The van der Waals surface area contributed by atoms with E-state index in [0.29, 0.717) is 25.2 Å². The van der Waals surface area contributed by atoms with Crippen LogP contribution in [0, 0.1) is 5.92 Å². The van der Waals surface area contributed by atoms with Gasteiger partial charge in [-0.15, -0.1) is 0 Å². The molecule has 0 radical (unpaired) electrons. The number of carbonyl (C=O) groups is 1. The fourth-order valence-electron chi connectivity index (χ4n) is 4.96. The fraction of sp³-hybridized carbons (Fsp3) is 0.480. The second-order valence-electron chi connectivity index (χ2n) is 9.51. The second kappa shape index (κ2) is 10.4. The minimum Gasteiger partial charge on any atom is -0.378 e. The largest absolute Gasteiger partial charge is 0.378 e. The highest BCUT2D eigenvalue weighted by atomic mass is 32.2. The number of aromatic nitrogens is 3. The van der Waals surface area contributed by atoms with Crippen LogP contribution in [-0.2, 0) is 32.2 Å². The number of carbonyl (C=O) groups excluding carboxylic acids is 1. The number of morpholine rings is 1. The van der Waals surface area contributed by atoms with Crippen LogP contribution in [-0.4, -0.2) is 74.1 Å². The van der Waals surface area contributed by atoms with E-state index in [0.717, 1.165) is 67.1 Å². The standard InChI is InChI=1S/C25H32N6O4S/c1-36(33,34)14-2-9-26-25(32)17-3-8-21-20(15-17)22-23(27-16-28-24(22)30-21)29-18-4-6-19(7-5-18)31-10-12-35-13-11-31/h4-7,16-17H,2-3,8-15H2,1H3,(H,26,32)(H2,27,28,29,30)/t17-/m0/s1. The summed E-state index contributed by atoms with van der Waals surface area (Å²) in [6.07, 6.45) is 5.24. The lowest BCUT2D eigenvalue weighted by atomic mass is 9.86. The monoisotopic (exact) mass is 512 g/mol. The molecule has 1 aliphatic carbocycles. The van der Waals surface area contributed by atoms with Gasteiger partial charge in [-0.05, 0) is 55.5 Å². The zero-order valence-electron chi connectivity index (χ0n) is 20.4. The average Bonchev–Trinajstić information content (AvgIpc) is 3.26. The Hall–Kier alpha value is -3.18. The van der Waals surface area contributed by atoms with Gasteiger partial charge >= 0.3 is 0 Å². The highest BCUT2D eigenvalue weighted by Gasteiger charge is 2.29. The summed E-state index contributed by atoms with van der Waals surface area (Å²) in [4.78, 5) is 27.5. The van der Waals surface area contributed by atoms with Gasteiger partial charge in [0.15, 0.2) is 0 Å². The summed E-state index contributed by atoms with van der Waals surface area (Å²) in [5, 5.41) is 7.27. The number of hydrogen-bond acceptors (Lipinski definition) is 8. The van der Waals surface area contributed by atoms with Crippen LogP contribution in [0.2, 0.25) is 0 Å². The van der Waals surface area contributed by atoms with Crippen molar-refractivity contribution in [1.29, 1.82) is 0 Å². The Balaban J connectivity index is 1.29. The van der Waals surface area contributed by atoms with Gasteiger partial charge in [0, 0.05) is 48.9 Å². The van der Waals surface area contributed by atoms with Crippen LogP contribution in [0.5, 0.6) is 0 Å². The molecule has 2 aliphatic rings. The third-order valence-electron chi connectivity index (χ3n) is 6.84. The molecule has 2 aromatic heterocycles. The van der Waals surface area contributed by atoms with Crippen molar-refractivity contribution in [2.45, 2.75) is 25.7 Å². The number of nitrogens with one attached hydrogen (secondary N) is 3. The molecule has 0 unspecified atom stereocenters. The number of sulfone groups is 1. The first-order valence-electron chi connectivity index (χ1n) is 12.4. The Morgan fingerprint density at radius 1 is 1.19 bits per heavy atom. The molecule has 0 saturated carbocycles. The molecule has 11 heteroatoms. The van der Waals surface area contributed by atoms with Crippen molar-refractivity contribution in [2.75, 3.05) is 55.1 Å². The van der Waals surface area contributed by atoms with Crippen LogP contribution in [0.15, 0.2) is 30.6 Å². The van der Waals surface area contributed by atoms with Crippen molar-refractivity contribution in [1.82, 2.24) is 20.3 Å². The van der Waals surface area contributed by atoms with E-state index < -0.39 is 9.84 Å². The molecule has 5 rings (SSSR count). The molecular weight excluding hydrogens is 480 g/mol. The number of aromatic amines is 1. The maximum absolute atomic E-state index is 12.8. The summed E-state index contributed by atoms with van der Waals surface area (Å²) < 4.78 is 28.1. The van der Waals surface area contributed by atoms with E-state index in [2.05, 4.69) is 42.6 Å². The number of nitrogens with zero attached hydrogens (tertiary/aromatic N) is 3. The number of fused-ring (bicyclic) bond motifs is 3. The van der Waals surface area contributed by atoms with Crippen molar-refractivity contribution in [2.24, 2.45) is 5.92 Å². The summed E-state index contributed by atoms with van der Waals surface area (Å²) in [6, 6.07) is 8.29. The van der Waals surface area contributed by atoms with E-state index >= 15 is 0 Å². The van der Waals surface area contributed by atoms with Gasteiger partial charge < -0.3 is 25.3 Å². The Bertz CT molecular complexity index is 1330. The number of amides is 1. The molecule has 3 aromatic rings. The summed E-state index contributed by atoms with van der Waals surface area (Å²) in [5.74, 6) is 0.583. The Kier molecular flexibility index (Phi) is 7.10. The van der Waals surface area contributed by atoms with E-state index in [1.807, 2.05) is 12.1 Å². The zero-order chi connectivity index (χ0) is 25.1. The summed E-state index contributed by atoms with van der Waals surface area (Å²) >= 11 is 0. The third-order valence-corrected chi connectivity index (χ3v) is 7.87. The molecule has 192 valence electrons. The normalized spacial score (nSPS) is 18.1. The van der Waals surface area contributed by atoms with Gasteiger partial charge in [0.2, 0.25) is 5.91 Å². The Labute approximate surface area is 210 Å². The van der Waals surface area contributed by atoms with Gasteiger partial charge in [-0.3, -0.25) is 4.79 Å². The van der Waals surface area contributed by atoms with E-state index in [-0.39, 0.29) is 17.6 Å². The van der Waals surface area contributed by atoms with Crippen LogP contribution in [0.25, 0.3) is 11.0 Å². The van der Waals surface area contributed by atoms with E-state index in [4.69, 9.17) is 4.74 Å². The van der Waals surface area contributed by atoms with Gasteiger partial charge in [0.25, 0.3) is 0 Å². The van der Waals surface area contributed by atoms with Crippen LogP contribution >= 0.6 is 0 Å². The predicted molar refractivity (Wildman–Crippen MR) is 139 cm³/mol. The molecule has 3 heterocycles. The quantitative estimate of drug-likeness (QED) is 0.392. The van der Waals surface area contributed by atoms with Crippen molar-refractivity contribution in [3.63, 3.8) is 0 Å². The van der Waals surface area contributed by atoms with Gasteiger partial charge in [-0.1, -0.05) is 0 Å². The summed E-state index contributed by atoms with van der Waals surface area (Å²) in [6.45, 7) is 3.64. The molecule has 36 heavy (non-hydrogen) atoms. The number of anilines is 3. The molecular formula is C25H32N6O4S. The maximum Gasteiger partial charge on any atom is 0.223 e. The molecule has 1 atom stereocenters. The smallest absolute Gasteiger partial charge is 0.223 e. The third kappa shape index (κ3) is 5.62. The number of rotatable bonds is 8. The van der Waals surface area contributed by atoms with Crippen molar-refractivity contribution >= 4 is 44.0 Å². The predicted octanol–water partition coefficient (Wildman–Crippen LogP) is 2.19. The zero-order valence-corrected chi connectivity index (χ0v) is 21.2. The molecule has 10 nitrogen and oxygen atoms in total. The average molecular weight is 513 g/mol. The van der Waals surface area contributed by atoms with E-state index in [1.165, 1.54) is 11.9 Å². The maximum atomic E-state index is 12.8. The second-order valence-corrected chi connectivity index (χ2v) is 11.8. The SMILES string of the molecule is CS(=O)(=O)CCCNC(=O)[C@H]1CCc2[nH]c3ncnc(Nc4ccc(N5CCOCC5)cc4)c3c2C1. The number of H-pyrrole nitrogens is 1. The summed E-state index contributed by atoms with van der Waals surface area (Å²) in [5.41, 5.74) is 5.02. The first kappa shape index (κ1) is 24.5. The minimum atomic E-state index is -3.03. The number of hydrogen-bond donors (Lipinski definition) is 3. The van der Waals surface area contributed by atoms with Crippen molar-refractivity contribution in [3.05, 3.63) is 41.9 Å². The van der Waals surface area contributed by atoms with E-state index in [1.54, 1.807) is 6.33 Å². The van der Waals surface area contributed by atoms with Gasteiger partial charge in [0.1, 0.15) is 27.6 Å². The number of aryl methyl sites for hydroxylation is 1. The molecule has 1 amide bonds. The molecule has 1 aromatic carbocycles. The molecule has 0 spiro atoms. The first-order valence-corrected chi connectivity index (χ1v) is 14.4. The molecule has 1 saturated heterocycles. The van der Waals surface area contributed by atoms with Crippen LogP contribution in [0.3, 0.4) is 0 Å². The number of ether oxygens (including phenoxy) is 1. The van der Waals surface area contributed by atoms with Gasteiger partial charge in [-0.25, -0.2) is 18.4 Å². The lowest BCUT2D eigenvalue weighted by Gasteiger charge is -2.28. The van der Waals surface area contributed by atoms with Gasteiger partial charge in [0.05, 0.1) is 24.4 Å². The topological polar surface area (TPSA) is 129 Å². The lowest BCUT2D eigenvalue weighted by molar-refractivity contribution is -0.125. The highest BCUT2D eigenvalue weighted by molar-refractivity contribution is 7.90. The molecule has 1 aliphatic heterocycles. The molecule has 3 N–H and O–H groups in total. The van der Waals surface area contributed by atoms with E-state index in [9.17, 15) is 13.2 Å². The first-order chi connectivity index (χ1) is 17.4. The Morgan fingerprint density at radius 2 is 1.97 bits per heavy atom. The van der Waals surface area contributed by atoms with Crippen LogP contribution in [0.1, 0.15) is 24.1 Å².